The molecule has 4 nitrogen and oxygen atoms in total. The molecule has 0 spiro atoms. The van der Waals surface area contributed by atoms with Crippen molar-refractivity contribution in [1.29, 1.82) is 5.26 Å². The maximum Gasteiger partial charge on any atom is 0.140 e. The van der Waals surface area contributed by atoms with Crippen molar-refractivity contribution >= 4 is 5.69 Å². The van der Waals surface area contributed by atoms with Crippen LogP contribution in [0.15, 0.2) is 18.3 Å². The molecule has 0 bridgehead atoms. The Morgan fingerprint density at radius 3 is 2.65 bits per heavy atom. The van der Waals surface area contributed by atoms with Crippen LogP contribution in [0, 0.1) is 16.7 Å². The predicted molar refractivity (Wildman–Crippen MR) is 67.5 cm³/mol. The average molecular weight is 233 g/mol. The monoisotopic (exact) mass is 233 g/mol. The van der Waals surface area contributed by atoms with Crippen LogP contribution in [0.2, 0.25) is 0 Å². The fourth-order valence-corrected chi connectivity index (χ4v) is 1.58. The third-order valence-corrected chi connectivity index (χ3v) is 2.27. The first-order valence-electron chi connectivity index (χ1n) is 5.69. The molecule has 0 saturated carbocycles. The molecule has 2 N–H and O–H groups in total. The van der Waals surface area contributed by atoms with Crippen molar-refractivity contribution in [2.24, 2.45) is 5.41 Å². The lowest BCUT2D eigenvalue weighted by atomic mass is 9.89. The van der Waals surface area contributed by atoms with Crippen LogP contribution in [-0.2, 0) is 0 Å². The Hall–Kier alpha value is -1.60. The van der Waals surface area contributed by atoms with Crippen LogP contribution in [0.4, 0.5) is 5.69 Å². The number of rotatable bonds is 4. The molecule has 1 rings (SSSR count). The summed E-state index contributed by atoms with van der Waals surface area (Å²) in [5.41, 5.74) is 1.33. The van der Waals surface area contributed by atoms with Gasteiger partial charge in [0.25, 0.3) is 0 Å². The van der Waals surface area contributed by atoms with E-state index in [-0.39, 0.29) is 11.5 Å². The molecule has 17 heavy (non-hydrogen) atoms. The SMILES string of the molecule is CC(C)(C)CC(O)CNc1ccc(C#N)nc1. The summed E-state index contributed by atoms with van der Waals surface area (Å²) in [5, 5.41) is 21.5. The number of hydrogen-bond donors (Lipinski definition) is 2. The normalized spacial score (nSPS) is 12.9. The van der Waals surface area contributed by atoms with Gasteiger partial charge in [-0.05, 0) is 24.0 Å². The van der Waals surface area contributed by atoms with Crippen molar-refractivity contribution in [1.82, 2.24) is 4.98 Å². The van der Waals surface area contributed by atoms with E-state index in [1.54, 1.807) is 18.3 Å². The van der Waals surface area contributed by atoms with E-state index < -0.39 is 0 Å². The van der Waals surface area contributed by atoms with Gasteiger partial charge in [0.05, 0.1) is 18.0 Å². The summed E-state index contributed by atoms with van der Waals surface area (Å²) in [4.78, 5) is 3.94. The van der Waals surface area contributed by atoms with Gasteiger partial charge in [-0.1, -0.05) is 20.8 Å². The molecule has 92 valence electrons. The predicted octanol–water partition coefficient (Wildman–Crippen LogP) is 2.16. The van der Waals surface area contributed by atoms with Gasteiger partial charge in [0.15, 0.2) is 0 Å². The van der Waals surface area contributed by atoms with Crippen molar-refractivity contribution in [3.05, 3.63) is 24.0 Å². The number of anilines is 1. The maximum atomic E-state index is 9.81. The second-order valence-electron chi connectivity index (χ2n) is 5.34. The number of aliphatic hydroxyl groups is 1. The molecular formula is C13H19N3O. The fraction of sp³-hybridized carbons (Fsp3) is 0.538. The minimum atomic E-state index is -0.384. The van der Waals surface area contributed by atoms with E-state index in [0.717, 1.165) is 12.1 Å². The second-order valence-corrected chi connectivity index (χ2v) is 5.34. The van der Waals surface area contributed by atoms with Gasteiger partial charge in [-0.25, -0.2) is 4.98 Å². The first kappa shape index (κ1) is 13.5. The number of hydrogen-bond acceptors (Lipinski definition) is 4. The molecular weight excluding hydrogens is 214 g/mol. The first-order chi connectivity index (χ1) is 7.90. The topological polar surface area (TPSA) is 68.9 Å². The smallest absolute Gasteiger partial charge is 0.140 e. The Labute approximate surface area is 102 Å². The fourth-order valence-electron chi connectivity index (χ4n) is 1.58. The number of aromatic nitrogens is 1. The summed E-state index contributed by atoms with van der Waals surface area (Å²) in [6, 6.07) is 5.40. The van der Waals surface area contributed by atoms with E-state index in [1.807, 2.05) is 6.07 Å². The molecule has 0 radical (unpaired) electrons. The lowest BCUT2D eigenvalue weighted by molar-refractivity contribution is 0.132. The van der Waals surface area contributed by atoms with Crippen molar-refractivity contribution in [2.45, 2.75) is 33.3 Å². The van der Waals surface area contributed by atoms with E-state index in [1.165, 1.54) is 0 Å². The highest BCUT2D eigenvalue weighted by Crippen LogP contribution is 2.20. The Kier molecular flexibility index (Phi) is 4.47. The van der Waals surface area contributed by atoms with Crippen LogP contribution in [-0.4, -0.2) is 22.7 Å². The summed E-state index contributed by atoms with van der Waals surface area (Å²) in [6.07, 6.45) is 1.96. The van der Waals surface area contributed by atoms with Crippen LogP contribution in [0.1, 0.15) is 32.9 Å². The maximum absolute atomic E-state index is 9.81. The van der Waals surface area contributed by atoms with Crippen LogP contribution < -0.4 is 5.32 Å². The highest BCUT2D eigenvalue weighted by atomic mass is 16.3. The van der Waals surface area contributed by atoms with Gasteiger partial charge in [0.2, 0.25) is 0 Å². The molecule has 1 aromatic rings. The molecule has 1 unspecified atom stereocenters. The van der Waals surface area contributed by atoms with Crippen molar-refractivity contribution in [3.63, 3.8) is 0 Å². The molecule has 1 aromatic heterocycles. The second kappa shape index (κ2) is 5.65. The average Bonchev–Trinajstić information content (AvgIpc) is 2.25. The van der Waals surface area contributed by atoms with E-state index >= 15 is 0 Å². The van der Waals surface area contributed by atoms with E-state index in [2.05, 4.69) is 31.1 Å². The molecule has 0 aromatic carbocycles. The summed E-state index contributed by atoms with van der Waals surface area (Å²) in [5.74, 6) is 0. The summed E-state index contributed by atoms with van der Waals surface area (Å²) in [7, 11) is 0. The van der Waals surface area contributed by atoms with Crippen molar-refractivity contribution in [2.75, 3.05) is 11.9 Å². The van der Waals surface area contributed by atoms with Gasteiger partial charge in [-0.3, -0.25) is 0 Å². The summed E-state index contributed by atoms with van der Waals surface area (Å²) >= 11 is 0. The van der Waals surface area contributed by atoms with E-state index in [4.69, 9.17) is 5.26 Å². The van der Waals surface area contributed by atoms with Crippen LogP contribution >= 0.6 is 0 Å². The number of pyridine rings is 1. The van der Waals surface area contributed by atoms with Crippen molar-refractivity contribution in [3.8, 4) is 6.07 Å². The number of nitriles is 1. The third kappa shape index (κ3) is 5.32. The highest BCUT2D eigenvalue weighted by molar-refractivity contribution is 5.42. The highest BCUT2D eigenvalue weighted by Gasteiger charge is 2.16. The van der Waals surface area contributed by atoms with E-state index in [9.17, 15) is 5.11 Å². The molecule has 0 amide bonds. The molecule has 0 saturated heterocycles. The molecule has 0 aliphatic carbocycles. The number of nitrogens with zero attached hydrogens (tertiary/aromatic N) is 2. The Bertz CT molecular complexity index is 387. The molecule has 0 aliphatic heterocycles. The van der Waals surface area contributed by atoms with Crippen LogP contribution in [0.5, 0.6) is 0 Å². The van der Waals surface area contributed by atoms with Gasteiger partial charge in [0.1, 0.15) is 11.8 Å². The molecule has 1 heterocycles. The zero-order valence-electron chi connectivity index (χ0n) is 10.6. The number of nitrogens with one attached hydrogen (secondary N) is 1. The molecule has 4 heteroatoms. The lowest BCUT2D eigenvalue weighted by Gasteiger charge is -2.22. The summed E-state index contributed by atoms with van der Waals surface area (Å²) < 4.78 is 0. The van der Waals surface area contributed by atoms with E-state index in [0.29, 0.717) is 12.2 Å². The third-order valence-electron chi connectivity index (χ3n) is 2.27. The van der Waals surface area contributed by atoms with Crippen LogP contribution in [0.3, 0.4) is 0 Å². The minimum Gasteiger partial charge on any atom is -0.391 e. The Balaban J connectivity index is 2.42. The quantitative estimate of drug-likeness (QED) is 0.836. The molecule has 0 fully saturated rings. The first-order valence-corrected chi connectivity index (χ1v) is 5.69. The standard InChI is InChI=1S/C13H19N3O/c1-13(2,3)6-12(17)9-16-11-5-4-10(7-14)15-8-11/h4-5,8,12,16-17H,6,9H2,1-3H3. The molecule has 0 aliphatic rings. The lowest BCUT2D eigenvalue weighted by Crippen LogP contribution is -2.25. The summed E-state index contributed by atoms with van der Waals surface area (Å²) in [6.45, 7) is 6.78. The zero-order valence-corrected chi connectivity index (χ0v) is 10.6. The minimum absolute atomic E-state index is 0.115. The van der Waals surface area contributed by atoms with Gasteiger partial charge < -0.3 is 10.4 Å². The Morgan fingerprint density at radius 2 is 2.18 bits per heavy atom. The van der Waals surface area contributed by atoms with Gasteiger partial charge in [-0.15, -0.1) is 0 Å². The largest absolute Gasteiger partial charge is 0.391 e. The van der Waals surface area contributed by atoms with Crippen LogP contribution in [0.25, 0.3) is 0 Å². The zero-order chi connectivity index (χ0) is 12.9. The number of aliphatic hydroxyl groups excluding tert-OH is 1. The van der Waals surface area contributed by atoms with Gasteiger partial charge >= 0.3 is 0 Å². The van der Waals surface area contributed by atoms with Gasteiger partial charge in [-0.2, -0.15) is 5.26 Å². The Morgan fingerprint density at radius 1 is 1.47 bits per heavy atom. The molecule has 1 atom stereocenters. The van der Waals surface area contributed by atoms with Crippen molar-refractivity contribution < 1.29 is 5.11 Å². The van der Waals surface area contributed by atoms with Gasteiger partial charge in [0, 0.05) is 6.54 Å².